The lowest BCUT2D eigenvalue weighted by molar-refractivity contribution is 0.0994. The number of methoxy groups -OCH3 is 1. The van der Waals surface area contributed by atoms with Crippen LogP contribution in [0.5, 0.6) is 5.75 Å². The zero-order valence-electron chi connectivity index (χ0n) is 16.3. The minimum atomic E-state index is 0. The van der Waals surface area contributed by atoms with Gasteiger partial charge in [0.05, 0.1) is 7.11 Å². The van der Waals surface area contributed by atoms with Gasteiger partial charge in [-0.15, -0.1) is 12.4 Å². The van der Waals surface area contributed by atoms with Crippen molar-refractivity contribution in [2.24, 2.45) is 5.92 Å². The number of aromatic amines is 1. The second-order valence-corrected chi connectivity index (χ2v) is 8.69. The molecule has 3 nitrogen and oxygen atoms in total. The van der Waals surface area contributed by atoms with Crippen LogP contribution in [0, 0.1) is 5.92 Å². The fraction of sp³-hybridized carbons (Fsp3) is 0.391. The standard InChI is InChI=1S/C23H25ClN2O.ClH/c1-26-9-8-23(15-4-3-5-18(10-15)27-2)13-22-19(11-16(23)14-26)20-12-17(24)6-7-21(20)25-22;/h3-7,10,12,16,25H,8-9,11,13-14H2,1-2H3;1H. The van der Waals surface area contributed by atoms with Crippen LogP contribution >= 0.6 is 24.0 Å². The van der Waals surface area contributed by atoms with E-state index in [0.717, 1.165) is 36.7 Å². The van der Waals surface area contributed by atoms with Gasteiger partial charge in [0.2, 0.25) is 0 Å². The van der Waals surface area contributed by atoms with E-state index in [1.807, 2.05) is 12.1 Å². The number of ether oxygens (including phenoxy) is 1. The molecule has 148 valence electrons. The van der Waals surface area contributed by atoms with Crippen LogP contribution in [0.2, 0.25) is 5.02 Å². The topological polar surface area (TPSA) is 28.3 Å². The largest absolute Gasteiger partial charge is 0.497 e. The van der Waals surface area contributed by atoms with E-state index in [1.165, 1.54) is 34.1 Å². The molecule has 0 radical (unpaired) electrons. The third-order valence-electron chi connectivity index (χ3n) is 6.80. The normalized spacial score (nSPS) is 24.3. The Bertz CT molecular complexity index is 1020. The number of benzene rings is 2. The van der Waals surface area contributed by atoms with Gasteiger partial charge in [0.15, 0.2) is 0 Å². The SMILES string of the molecule is COc1cccc(C23CCN(C)CC2Cc2c([nH]c4ccc(Cl)cc24)C3)c1.Cl. The number of hydrogen-bond donors (Lipinski definition) is 1. The number of piperidine rings is 1. The Morgan fingerprint density at radius 1 is 1.21 bits per heavy atom. The van der Waals surface area contributed by atoms with E-state index in [-0.39, 0.29) is 17.8 Å². The van der Waals surface area contributed by atoms with Gasteiger partial charge in [-0.25, -0.2) is 0 Å². The first-order chi connectivity index (χ1) is 13.1. The number of nitrogens with one attached hydrogen (secondary N) is 1. The van der Waals surface area contributed by atoms with E-state index in [9.17, 15) is 0 Å². The summed E-state index contributed by atoms with van der Waals surface area (Å²) in [5.74, 6) is 1.54. The minimum absolute atomic E-state index is 0. The third-order valence-corrected chi connectivity index (χ3v) is 7.03. The summed E-state index contributed by atoms with van der Waals surface area (Å²) in [5.41, 5.74) is 5.64. The van der Waals surface area contributed by atoms with Crippen molar-refractivity contribution in [2.45, 2.75) is 24.7 Å². The van der Waals surface area contributed by atoms with Gasteiger partial charge in [-0.1, -0.05) is 23.7 Å². The van der Waals surface area contributed by atoms with Gasteiger partial charge in [-0.2, -0.15) is 0 Å². The molecule has 1 aliphatic heterocycles. The highest BCUT2D eigenvalue weighted by Gasteiger charge is 2.47. The van der Waals surface area contributed by atoms with Gasteiger partial charge in [-0.3, -0.25) is 0 Å². The van der Waals surface area contributed by atoms with E-state index in [1.54, 1.807) is 7.11 Å². The average molecular weight is 417 g/mol. The van der Waals surface area contributed by atoms with Crippen LogP contribution < -0.4 is 4.74 Å². The number of halogens is 2. The minimum Gasteiger partial charge on any atom is -0.497 e. The summed E-state index contributed by atoms with van der Waals surface area (Å²) in [5, 5.41) is 2.11. The zero-order valence-corrected chi connectivity index (χ0v) is 17.9. The predicted octanol–water partition coefficient (Wildman–Crippen LogP) is 5.24. The van der Waals surface area contributed by atoms with Crippen molar-refractivity contribution >= 4 is 34.9 Å². The molecule has 2 aromatic carbocycles. The molecule has 5 rings (SSSR count). The van der Waals surface area contributed by atoms with Crippen molar-refractivity contribution in [3.8, 4) is 5.75 Å². The van der Waals surface area contributed by atoms with Crippen LogP contribution in [0.25, 0.3) is 10.9 Å². The number of fused-ring (bicyclic) bond motifs is 4. The number of nitrogens with zero attached hydrogens (tertiary/aromatic N) is 1. The van der Waals surface area contributed by atoms with Crippen molar-refractivity contribution in [2.75, 3.05) is 27.2 Å². The van der Waals surface area contributed by atoms with Crippen LogP contribution in [0.4, 0.5) is 0 Å². The predicted molar refractivity (Wildman–Crippen MR) is 118 cm³/mol. The van der Waals surface area contributed by atoms with E-state index >= 15 is 0 Å². The number of aromatic nitrogens is 1. The van der Waals surface area contributed by atoms with E-state index in [0.29, 0.717) is 5.92 Å². The molecule has 28 heavy (non-hydrogen) atoms. The first-order valence-electron chi connectivity index (χ1n) is 9.71. The Morgan fingerprint density at radius 2 is 2.07 bits per heavy atom. The molecular formula is C23H26Cl2N2O. The number of rotatable bonds is 2. The molecule has 1 aliphatic carbocycles. The Balaban J connectivity index is 0.00000192. The molecule has 0 spiro atoms. The highest BCUT2D eigenvalue weighted by molar-refractivity contribution is 6.31. The second-order valence-electron chi connectivity index (χ2n) is 8.25. The summed E-state index contributed by atoms with van der Waals surface area (Å²) < 4.78 is 5.54. The number of H-pyrrole nitrogens is 1. The third kappa shape index (κ3) is 3.01. The summed E-state index contributed by atoms with van der Waals surface area (Å²) in [6, 6.07) is 14.9. The lowest BCUT2D eigenvalue weighted by atomic mass is 9.59. The van der Waals surface area contributed by atoms with Crippen LogP contribution in [-0.2, 0) is 18.3 Å². The molecule has 1 saturated heterocycles. The molecule has 1 aromatic heterocycles. The lowest BCUT2D eigenvalue weighted by Gasteiger charge is -2.50. The molecule has 0 saturated carbocycles. The lowest BCUT2D eigenvalue weighted by Crippen LogP contribution is -2.52. The smallest absolute Gasteiger partial charge is 0.119 e. The van der Waals surface area contributed by atoms with Gasteiger partial charge in [0, 0.05) is 33.6 Å². The maximum absolute atomic E-state index is 6.30. The number of hydrogen-bond acceptors (Lipinski definition) is 2. The molecule has 2 atom stereocenters. The number of likely N-dealkylation sites (tertiary alicyclic amines) is 1. The summed E-state index contributed by atoms with van der Waals surface area (Å²) >= 11 is 6.30. The van der Waals surface area contributed by atoms with Gasteiger partial charge in [-0.05, 0) is 80.2 Å². The van der Waals surface area contributed by atoms with Gasteiger partial charge < -0.3 is 14.6 Å². The molecule has 3 aromatic rings. The van der Waals surface area contributed by atoms with Crippen molar-refractivity contribution < 1.29 is 4.74 Å². The molecule has 0 amide bonds. The highest BCUT2D eigenvalue weighted by atomic mass is 35.5. The van der Waals surface area contributed by atoms with E-state index in [2.05, 4.69) is 47.3 Å². The van der Waals surface area contributed by atoms with Crippen LogP contribution in [0.15, 0.2) is 42.5 Å². The van der Waals surface area contributed by atoms with Crippen molar-refractivity contribution in [3.63, 3.8) is 0 Å². The van der Waals surface area contributed by atoms with Crippen LogP contribution in [-0.4, -0.2) is 37.1 Å². The molecule has 2 aliphatic rings. The Morgan fingerprint density at radius 3 is 2.89 bits per heavy atom. The zero-order chi connectivity index (χ0) is 18.6. The van der Waals surface area contributed by atoms with E-state index in [4.69, 9.17) is 16.3 Å². The fourth-order valence-electron chi connectivity index (χ4n) is 5.37. The van der Waals surface area contributed by atoms with E-state index < -0.39 is 0 Å². The van der Waals surface area contributed by atoms with Crippen LogP contribution in [0.3, 0.4) is 0 Å². The molecular weight excluding hydrogens is 391 g/mol. The molecule has 1 fully saturated rings. The summed E-state index contributed by atoms with van der Waals surface area (Å²) in [6.45, 7) is 2.26. The van der Waals surface area contributed by atoms with Crippen molar-refractivity contribution in [1.29, 1.82) is 0 Å². The summed E-state index contributed by atoms with van der Waals surface area (Å²) in [7, 11) is 4.00. The maximum atomic E-state index is 6.30. The highest BCUT2D eigenvalue weighted by Crippen LogP contribution is 2.49. The van der Waals surface area contributed by atoms with Gasteiger partial charge >= 0.3 is 0 Å². The van der Waals surface area contributed by atoms with Gasteiger partial charge in [0.1, 0.15) is 5.75 Å². The average Bonchev–Trinajstić information content (AvgIpc) is 3.02. The summed E-state index contributed by atoms with van der Waals surface area (Å²) in [6.07, 6.45) is 3.33. The fourth-order valence-corrected chi connectivity index (χ4v) is 5.54. The second kappa shape index (κ2) is 7.29. The monoisotopic (exact) mass is 416 g/mol. The molecule has 2 unspecified atom stereocenters. The first kappa shape index (κ1) is 19.6. The van der Waals surface area contributed by atoms with Crippen LogP contribution in [0.1, 0.15) is 23.2 Å². The molecule has 2 heterocycles. The Labute approximate surface area is 177 Å². The molecule has 0 bridgehead atoms. The van der Waals surface area contributed by atoms with Crippen molar-refractivity contribution in [1.82, 2.24) is 9.88 Å². The molecule has 5 heteroatoms. The Hall–Kier alpha value is -1.68. The Kier molecular flexibility index (Phi) is 5.11. The van der Waals surface area contributed by atoms with Gasteiger partial charge in [0.25, 0.3) is 0 Å². The quantitative estimate of drug-likeness (QED) is 0.618. The first-order valence-corrected chi connectivity index (χ1v) is 10.1. The van der Waals surface area contributed by atoms with Crippen molar-refractivity contribution in [3.05, 3.63) is 64.3 Å². The maximum Gasteiger partial charge on any atom is 0.119 e. The summed E-state index contributed by atoms with van der Waals surface area (Å²) in [4.78, 5) is 6.19. The molecule has 1 N–H and O–H groups in total.